The Hall–Kier alpha value is 4.26. The van der Waals surface area contributed by atoms with E-state index in [2.05, 4.69) is 48.9 Å². The average molecular weight is 707 g/mol. The molecule has 0 spiro atoms. The topological polar surface area (TPSA) is 0 Å². The van der Waals surface area contributed by atoms with Crippen LogP contribution in [-0.2, 0) is 78.3 Å². The molecule has 2 aliphatic carbocycles. The molecule has 2 aromatic carbocycles. The molecule has 0 atom stereocenters. The molecule has 2 saturated carbocycles. The van der Waals surface area contributed by atoms with E-state index in [-0.39, 0.29) is 182 Å². The minimum atomic E-state index is 0. The maximum atomic E-state index is 3.10. The van der Waals surface area contributed by atoms with Crippen LogP contribution < -0.4 is 0 Å². The predicted octanol–water partition coefficient (Wildman–Crippen LogP) is 6.44. The second-order valence-corrected chi connectivity index (χ2v) is 9.04. The first-order chi connectivity index (χ1) is 13.3. The molecular weight excluding hydrogens is 673 g/mol. The fourth-order valence-electron chi connectivity index (χ4n) is 5.28. The zero-order valence-corrected chi connectivity index (χ0v) is 35.4. The van der Waals surface area contributed by atoms with Gasteiger partial charge in [0.25, 0.3) is 0 Å². The van der Waals surface area contributed by atoms with Crippen molar-refractivity contribution in [3.8, 4) is 0 Å². The molecule has 0 aliphatic heterocycles. The second kappa shape index (κ2) is 20.2. The largest absolute Gasteiger partial charge is 0.328 e. The van der Waals surface area contributed by atoms with Gasteiger partial charge in [0, 0.05) is 182 Å². The molecule has 31 heavy (non-hydrogen) atoms. The van der Waals surface area contributed by atoms with Crippen LogP contribution in [0.3, 0.4) is 0 Å². The third kappa shape index (κ3) is 13.1. The Balaban J connectivity index is 0.00000225. The van der Waals surface area contributed by atoms with E-state index in [0.717, 1.165) is 24.2 Å². The number of rotatable bonds is 6. The maximum absolute atomic E-state index is 3.10. The van der Waals surface area contributed by atoms with Gasteiger partial charge in [-0.1, -0.05) is 49.9 Å². The molecule has 0 N–H and O–H groups in total. The number of hydrogen-bond acceptors (Lipinski definition) is 0. The van der Waals surface area contributed by atoms with Gasteiger partial charge in [-0.2, -0.15) is 48.7 Å². The third-order valence-electron chi connectivity index (χ3n) is 6.93. The average Bonchev–Trinajstić information content (AvgIpc) is 2.73. The molecule has 0 heterocycles. The van der Waals surface area contributed by atoms with Gasteiger partial charge >= 0.3 is 0 Å². The Bertz CT molecular complexity index is 676. The molecule has 0 unspecified atom stereocenters. The smallest absolute Gasteiger partial charge is 0 e. The van der Waals surface area contributed by atoms with Crippen molar-refractivity contribution >= 4 is 116 Å². The quantitative estimate of drug-likeness (QED) is 0.304. The van der Waals surface area contributed by atoms with E-state index in [1.54, 1.807) is 0 Å². The van der Waals surface area contributed by atoms with Gasteiger partial charge in [-0.3, -0.25) is 0 Å². The van der Waals surface area contributed by atoms with Crippen molar-refractivity contribution in [2.24, 2.45) is 17.8 Å². The normalized spacial score (nSPS) is 20.9. The van der Waals surface area contributed by atoms with Crippen LogP contribution in [0.4, 0.5) is 0 Å². The Morgan fingerprint density at radius 2 is 1.13 bits per heavy atom. The molecule has 0 saturated heterocycles. The monoisotopic (exact) mass is 706 g/mol. The van der Waals surface area contributed by atoms with Gasteiger partial charge in [-0.05, 0) is 61.0 Å². The Morgan fingerprint density at radius 1 is 0.645 bits per heavy atom. The predicted molar refractivity (Wildman–Crippen MR) is 126 cm³/mol. The van der Waals surface area contributed by atoms with Crippen molar-refractivity contribution in [3.05, 3.63) is 77.7 Å². The van der Waals surface area contributed by atoms with Crippen LogP contribution >= 0.6 is 0 Å². The molecule has 4 rings (SSSR count). The molecule has 0 bridgehead atoms. The fraction of sp³-hybridized carbons (Fsp3) is 0.519. The fourth-order valence-corrected chi connectivity index (χ4v) is 5.28. The molecule has 0 aromatic heterocycles. The summed E-state index contributed by atoms with van der Waals surface area (Å²) in [4.78, 5) is 0. The summed E-state index contributed by atoms with van der Waals surface area (Å²) in [5.41, 5.74) is 4.32. The van der Waals surface area contributed by atoms with Gasteiger partial charge in [0.2, 0.25) is 0 Å². The summed E-state index contributed by atoms with van der Waals surface area (Å²) in [5, 5.41) is 0. The van der Waals surface area contributed by atoms with Crippen LogP contribution in [0.5, 0.6) is 0 Å². The van der Waals surface area contributed by atoms with Crippen molar-refractivity contribution in [2.45, 2.75) is 70.6 Å². The van der Waals surface area contributed by atoms with Gasteiger partial charge < -0.3 is 6.42 Å². The molecule has 152 valence electrons. The third-order valence-corrected chi connectivity index (χ3v) is 6.93. The minimum absolute atomic E-state index is 0. The van der Waals surface area contributed by atoms with Crippen LogP contribution in [0.1, 0.15) is 74.5 Å². The summed E-state index contributed by atoms with van der Waals surface area (Å²) in [6.07, 6.45) is 17.9. The Morgan fingerprint density at radius 3 is 1.74 bits per heavy atom. The second-order valence-electron chi connectivity index (χ2n) is 9.04. The summed E-state index contributed by atoms with van der Waals surface area (Å²) < 4.78 is 0. The number of hydrogen-bond donors (Lipinski definition) is 0. The molecule has 4 radical (unpaired) electrons. The first-order valence-electron chi connectivity index (χ1n) is 11.2. The summed E-state index contributed by atoms with van der Waals surface area (Å²) >= 11 is 0. The van der Waals surface area contributed by atoms with E-state index in [4.69, 9.17) is 0 Å². The van der Waals surface area contributed by atoms with Crippen molar-refractivity contribution < 1.29 is 65.4 Å². The van der Waals surface area contributed by atoms with Crippen LogP contribution in [0, 0.1) is 30.2 Å². The zero-order chi connectivity index (χ0) is 18.3. The van der Waals surface area contributed by atoms with E-state index < -0.39 is 0 Å². The molecule has 2 aromatic rings. The van der Waals surface area contributed by atoms with Gasteiger partial charge in [-0.15, -0.1) is 0 Å². The van der Waals surface area contributed by atoms with E-state index in [0.29, 0.717) is 0 Å². The summed E-state index contributed by atoms with van der Waals surface area (Å²) in [5.74, 6) is 2.97. The van der Waals surface area contributed by atoms with Crippen LogP contribution in [0.15, 0.2) is 48.5 Å². The first-order valence-corrected chi connectivity index (χ1v) is 11.2. The molecule has 2 fully saturated rings. The van der Waals surface area contributed by atoms with E-state index in [9.17, 15) is 0 Å². The molecule has 2 aliphatic rings. The summed E-state index contributed by atoms with van der Waals surface area (Å²) in [6, 6.07) is 20.8. The van der Waals surface area contributed by atoms with Crippen molar-refractivity contribution in [1.82, 2.24) is 0 Å². The van der Waals surface area contributed by atoms with Crippen LogP contribution in [0.25, 0.3) is 0 Å². The Labute approximate surface area is 339 Å². The van der Waals surface area contributed by atoms with E-state index in [1.807, 2.05) is 12.1 Å². The van der Waals surface area contributed by atoms with Crippen molar-refractivity contribution in [1.29, 1.82) is 0 Å². The summed E-state index contributed by atoms with van der Waals surface area (Å²) in [7, 11) is 0. The molecule has 4 heteroatoms. The summed E-state index contributed by atoms with van der Waals surface area (Å²) in [6.45, 7) is 0. The first kappa shape index (κ1) is 35.3. The molecule has 0 nitrogen and oxygen atoms in total. The SMILES string of the molecule is [Rb].[Rb].[Y].[Y].[c-]1ccc(Cc2ccc(CC3CCC(CC4CC[CH-]CC4)CC3)cc2)cc1. The van der Waals surface area contributed by atoms with Gasteiger partial charge in [0.05, 0.1) is 0 Å². The van der Waals surface area contributed by atoms with Crippen LogP contribution in [-0.4, -0.2) is 116 Å². The standard InChI is InChI=1S/C27H34.2Rb.2Y/c1-3-7-22(8-4-1)19-24-11-15-26(16-12-24)21-27-17-13-25(14-18-27)20-23-9-5-2-6-10-23;;;;/h1,5-6,9-10,13-14,17-18,22,24,26H,3-4,7-8,11-12,15-16,19-21H2;;;;/q-2;;;;. The molecular formula is C27H34Rb2Y2-2. The van der Waals surface area contributed by atoms with Gasteiger partial charge in [-0.25, -0.2) is 0 Å². The van der Waals surface area contributed by atoms with Crippen LogP contribution in [0.2, 0.25) is 0 Å². The van der Waals surface area contributed by atoms with Gasteiger partial charge in [0.15, 0.2) is 0 Å². The number of benzene rings is 2. The van der Waals surface area contributed by atoms with E-state index >= 15 is 0 Å². The Kier molecular flexibility index (Phi) is 23.0. The maximum Gasteiger partial charge on any atom is 0 e. The van der Waals surface area contributed by atoms with Crippen molar-refractivity contribution in [2.75, 3.05) is 0 Å². The zero-order valence-electron chi connectivity index (χ0n) is 19.9. The van der Waals surface area contributed by atoms with E-state index in [1.165, 1.54) is 80.9 Å². The minimum Gasteiger partial charge on any atom is -0.328 e. The van der Waals surface area contributed by atoms with Gasteiger partial charge in [0.1, 0.15) is 0 Å². The molecule has 0 amide bonds. The van der Waals surface area contributed by atoms with Crippen molar-refractivity contribution in [3.63, 3.8) is 0 Å².